The summed E-state index contributed by atoms with van der Waals surface area (Å²) in [5.74, 6) is 0. The Morgan fingerprint density at radius 2 is 1.00 bits per heavy atom. The molecule has 1 fully saturated rings. The highest BCUT2D eigenvalue weighted by atomic mass is 27.0. The Hall–Kier alpha value is 1.02. The highest BCUT2D eigenvalue weighted by molar-refractivity contribution is 5.76. The maximum absolute atomic E-state index is 5.80. The molecule has 1 atom stereocenters. The van der Waals surface area contributed by atoms with Gasteiger partial charge in [-0.25, -0.2) is 0 Å². The lowest BCUT2D eigenvalue weighted by Crippen LogP contribution is -2.18. The van der Waals surface area contributed by atoms with Crippen molar-refractivity contribution >= 4 is 34.7 Å². The molecule has 0 aromatic rings. The fourth-order valence-corrected chi connectivity index (χ4v) is 3.96. The molecule has 1 heterocycles. The van der Waals surface area contributed by atoms with Crippen molar-refractivity contribution in [3.63, 3.8) is 0 Å². The molecule has 0 saturated carbocycles. The van der Waals surface area contributed by atoms with E-state index in [1.807, 2.05) is 0 Å². The van der Waals surface area contributed by atoms with Crippen LogP contribution in [-0.4, -0.2) is 47.4 Å². The maximum Gasteiger partial charge on any atom is 0.187 e. The van der Waals surface area contributed by atoms with E-state index in [0.29, 0.717) is 6.10 Å². The average Bonchev–Trinajstić information content (AvgIpc) is 2.62. The summed E-state index contributed by atoms with van der Waals surface area (Å²) >= 11 is 0. The molecule has 1 rings (SSSR count). The minimum absolute atomic E-state index is 0. The van der Waals surface area contributed by atoms with Crippen molar-refractivity contribution in [2.24, 2.45) is 0 Å². The molecular formula is C23H52Al2O. The molecule has 1 saturated heterocycles. The molecule has 1 aliphatic rings. The van der Waals surface area contributed by atoms with Crippen molar-refractivity contribution in [3.8, 4) is 0 Å². The summed E-state index contributed by atoms with van der Waals surface area (Å²) in [5, 5.41) is 0. The van der Waals surface area contributed by atoms with Crippen LogP contribution in [0.5, 0.6) is 0 Å². The van der Waals surface area contributed by atoms with Crippen LogP contribution in [0.25, 0.3) is 0 Å². The molecule has 1 nitrogen and oxygen atoms in total. The van der Waals surface area contributed by atoms with Gasteiger partial charge in [0.15, 0.2) is 34.7 Å². The minimum atomic E-state index is 0. The molecule has 0 spiro atoms. The van der Waals surface area contributed by atoms with Crippen LogP contribution in [0.4, 0.5) is 0 Å². The normalized spacial score (nSPS) is 16.7. The Labute approximate surface area is 187 Å². The van der Waals surface area contributed by atoms with Crippen LogP contribution in [0.15, 0.2) is 0 Å². The van der Waals surface area contributed by atoms with E-state index >= 15 is 0 Å². The maximum atomic E-state index is 5.80. The van der Waals surface area contributed by atoms with Crippen LogP contribution in [0.3, 0.4) is 0 Å². The first-order valence-corrected chi connectivity index (χ1v) is 11.5. The summed E-state index contributed by atoms with van der Waals surface area (Å²) in [6, 6.07) is 0. The third kappa shape index (κ3) is 19.8. The van der Waals surface area contributed by atoms with Gasteiger partial charge in [-0.2, -0.15) is 0 Å². The second-order valence-corrected chi connectivity index (χ2v) is 8.08. The summed E-state index contributed by atoms with van der Waals surface area (Å²) in [4.78, 5) is 0. The number of hydrogen-bond donors (Lipinski definition) is 0. The van der Waals surface area contributed by atoms with Crippen molar-refractivity contribution in [3.05, 3.63) is 0 Å². The van der Waals surface area contributed by atoms with Gasteiger partial charge in [0.25, 0.3) is 0 Å². The van der Waals surface area contributed by atoms with Gasteiger partial charge < -0.3 is 4.74 Å². The minimum Gasteiger partial charge on any atom is -0.378 e. The van der Waals surface area contributed by atoms with Crippen LogP contribution in [0, 0.1) is 0 Å². The smallest absolute Gasteiger partial charge is 0.187 e. The third-order valence-electron chi connectivity index (χ3n) is 5.65. The summed E-state index contributed by atoms with van der Waals surface area (Å²) in [6.07, 6.45) is 29.2. The van der Waals surface area contributed by atoms with Crippen molar-refractivity contribution in [1.29, 1.82) is 0 Å². The first-order chi connectivity index (χ1) is 11.9. The first-order valence-electron chi connectivity index (χ1n) is 11.5. The molecule has 1 unspecified atom stereocenters. The molecule has 1 aliphatic heterocycles. The van der Waals surface area contributed by atoms with E-state index in [0.717, 1.165) is 6.61 Å². The fraction of sp³-hybridized carbons (Fsp3) is 1.00. The molecule has 156 valence electrons. The van der Waals surface area contributed by atoms with Crippen LogP contribution >= 0.6 is 0 Å². The molecular weight excluding hydrogens is 346 g/mol. The molecule has 0 aromatic carbocycles. The van der Waals surface area contributed by atoms with E-state index < -0.39 is 0 Å². The van der Waals surface area contributed by atoms with Crippen molar-refractivity contribution in [2.45, 2.75) is 141 Å². The van der Waals surface area contributed by atoms with Crippen LogP contribution < -0.4 is 0 Å². The SMILES string of the molecule is CCCCCCCCCCCCCCCCCCC1CCCCO1.[AlH3].[AlH3]. The van der Waals surface area contributed by atoms with E-state index in [-0.39, 0.29) is 34.7 Å². The molecule has 26 heavy (non-hydrogen) atoms. The monoisotopic (exact) mass is 398 g/mol. The van der Waals surface area contributed by atoms with Gasteiger partial charge in [0.05, 0.1) is 6.10 Å². The van der Waals surface area contributed by atoms with Crippen molar-refractivity contribution in [1.82, 2.24) is 0 Å². The van der Waals surface area contributed by atoms with Gasteiger partial charge in [0, 0.05) is 6.61 Å². The number of unbranched alkanes of at least 4 members (excludes halogenated alkanes) is 15. The molecule has 0 bridgehead atoms. The van der Waals surface area contributed by atoms with Gasteiger partial charge in [-0.3, -0.25) is 0 Å². The van der Waals surface area contributed by atoms with E-state index in [1.165, 1.54) is 128 Å². The summed E-state index contributed by atoms with van der Waals surface area (Å²) in [7, 11) is 0. The molecule has 3 heteroatoms. The second-order valence-electron chi connectivity index (χ2n) is 8.08. The number of hydrogen-bond acceptors (Lipinski definition) is 1. The highest BCUT2D eigenvalue weighted by Gasteiger charge is 2.12. The third-order valence-corrected chi connectivity index (χ3v) is 5.65. The lowest BCUT2D eigenvalue weighted by Gasteiger charge is -2.22. The Morgan fingerprint density at radius 1 is 0.577 bits per heavy atom. The van der Waals surface area contributed by atoms with Crippen LogP contribution in [0.1, 0.15) is 135 Å². The molecule has 0 aliphatic carbocycles. The van der Waals surface area contributed by atoms with Gasteiger partial charge in [0.2, 0.25) is 0 Å². The lowest BCUT2D eigenvalue weighted by molar-refractivity contribution is 0.00977. The number of ether oxygens (including phenoxy) is 1. The highest BCUT2D eigenvalue weighted by Crippen LogP contribution is 2.19. The van der Waals surface area contributed by atoms with E-state index in [1.54, 1.807) is 0 Å². The first kappa shape index (κ1) is 29.2. The zero-order chi connectivity index (χ0) is 17.1. The quantitative estimate of drug-likeness (QED) is 0.221. The fourth-order valence-electron chi connectivity index (χ4n) is 3.96. The molecule has 0 radical (unpaired) electrons. The average molecular weight is 399 g/mol. The zero-order valence-electron chi connectivity index (χ0n) is 16.8. The van der Waals surface area contributed by atoms with Gasteiger partial charge in [-0.05, 0) is 25.7 Å². The van der Waals surface area contributed by atoms with E-state index in [2.05, 4.69) is 6.92 Å². The van der Waals surface area contributed by atoms with Crippen molar-refractivity contribution in [2.75, 3.05) is 6.61 Å². The van der Waals surface area contributed by atoms with Gasteiger partial charge in [-0.15, -0.1) is 0 Å². The van der Waals surface area contributed by atoms with Crippen LogP contribution in [0.2, 0.25) is 0 Å². The zero-order valence-corrected chi connectivity index (χ0v) is 16.8. The Morgan fingerprint density at radius 3 is 1.38 bits per heavy atom. The Bertz CT molecular complexity index is 242. The predicted molar refractivity (Wildman–Crippen MR) is 128 cm³/mol. The largest absolute Gasteiger partial charge is 0.378 e. The standard InChI is InChI=1S/C23H46O.2Al.6H/c1-2-3-4-5-6-7-8-9-10-11-12-13-14-15-16-17-20-23-21-18-19-22-24-23;;;;;;;;/h23H,2-22H2,1H3;;;;;;;;. The van der Waals surface area contributed by atoms with Gasteiger partial charge >= 0.3 is 0 Å². The van der Waals surface area contributed by atoms with Gasteiger partial charge in [0.1, 0.15) is 0 Å². The van der Waals surface area contributed by atoms with Crippen molar-refractivity contribution < 1.29 is 4.74 Å². The molecule has 0 N–H and O–H groups in total. The Kier molecular flexibility index (Phi) is 27.1. The van der Waals surface area contributed by atoms with E-state index in [4.69, 9.17) is 4.74 Å². The van der Waals surface area contributed by atoms with E-state index in [9.17, 15) is 0 Å². The Balaban J connectivity index is 0. The number of rotatable bonds is 17. The predicted octanol–water partition coefficient (Wildman–Crippen LogP) is 5.84. The molecule has 0 aromatic heterocycles. The summed E-state index contributed by atoms with van der Waals surface area (Å²) in [6.45, 7) is 3.32. The lowest BCUT2D eigenvalue weighted by atomic mass is 10.0. The topological polar surface area (TPSA) is 9.23 Å². The second kappa shape index (κ2) is 24.1. The molecule has 0 amide bonds. The van der Waals surface area contributed by atoms with Crippen LogP contribution in [-0.2, 0) is 4.74 Å². The summed E-state index contributed by atoms with van der Waals surface area (Å²) in [5.41, 5.74) is 0. The van der Waals surface area contributed by atoms with Gasteiger partial charge in [-0.1, -0.05) is 110 Å². The summed E-state index contributed by atoms with van der Waals surface area (Å²) < 4.78 is 5.80.